The number of para-hydroxylation sites is 1. The number of hydrogen-bond acceptors (Lipinski definition) is 5. The molecule has 21 heavy (non-hydrogen) atoms. The second kappa shape index (κ2) is 6.46. The highest BCUT2D eigenvalue weighted by Crippen LogP contribution is 2.22. The van der Waals surface area contributed by atoms with Crippen LogP contribution in [0.15, 0.2) is 47.6 Å². The molecular weight excluding hydrogens is 296 g/mol. The fourth-order valence-electron chi connectivity index (χ4n) is 1.79. The molecule has 0 saturated carbocycles. The van der Waals surface area contributed by atoms with Gasteiger partial charge in [-0.25, -0.2) is 13.1 Å². The van der Waals surface area contributed by atoms with Crippen molar-refractivity contribution in [1.82, 2.24) is 14.5 Å². The first kappa shape index (κ1) is 15.1. The minimum Gasteiger partial charge on any atom is -0.273 e. The molecule has 1 aromatic carbocycles. The molecule has 0 fully saturated rings. The van der Waals surface area contributed by atoms with Crippen molar-refractivity contribution in [1.29, 1.82) is 0 Å². The second-order valence-corrected chi connectivity index (χ2v) is 5.98. The van der Waals surface area contributed by atoms with Crippen molar-refractivity contribution in [2.45, 2.75) is 17.9 Å². The molecule has 2 rings (SSSR count). The average Bonchev–Trinajstić information content (AvgIpc) is 2.97. The fraction of sp³-hybridized carbons (Fsp3) is 0.250. The van der Waals surface area contributed by atoms with E-state index in [0.29, 0.717) is 13.0 Å². The number of hydrogen-bond donors (Lipinski definition) is 1. The van der Waals surface area contributed by atoms with Crippen LogP contribution < -0.4 is 4.72 Å². The van der Waals surface area contributed by atoms with Gasteiger partial charge in [-0.2, -0.15) is 5.10 Å². The molecule has 9 heteroatoms. The number of aryl methyl sites for hydroxylation is 1. The maximum absolute atomic E-state index is 12.1. The summed E-state index contributed by atoms with van der Waals surface area (Å²) in [5.74, 6) is 0. The van der Waals surface area contributed by atoms with E-state index in [4.69, 9.17) is 0 Å². The zero-order valence-electron chi connectivity index (χ0n) is 11.0. The number of nitrogens with zero attached hydrogens (tertiary/aromatic N) is 3. The smallest absolute Gasteiger partial charge is 0.273 e. The molecule has 0 bridgehead atoms. The van der Waals surface area contributed by atoms with E-state index in [2.05, 4.69) is 9.82 Å². The molecule has 1 heterocycles. The van der Waals surface area contributed by atoms with Gasteiger partial charge in [0, 0.05) is 31.5 Å². The van der Waals surface area contributed by atoms with E-state index >= 15 is 0 Å². The lowest BCUT2D eigenvalue weighted by Crippen LogP contribution is -2.26. The molecule has 0 amide bonds. The second-order valence-electron chi connectivity index (χ2n) is 4.25. The van der Waals surface area contributed by atoms with Crippen LogP contribution in [0.5, 0.6) is 0 Å². The van der Waals surface area contributed by atoms with E-state index in [-0.39, 0.29) is 11.4 Å². The summed E-state index contributed by atoms with van der Waals surface area (Å²) in [4.78, 5) is 9.82. The fourth-order valence-corrected chi connectivity index (χ4v) is 3.04. The first-order valence-electron chi connectivity index (χ1n) is 6.21. The SMILES string of the molecule is O=[N+]([O-])c1ccccc1S(=O)(=O)NCCCn1cccn1. The molecule has 1 aromatic heterocycles. The summed E-state index contributed by atoms with van der Waals surface area (Å²) in [6.45, 7) is 0.737. The lowest BCUT2D eigenvalue weighted by atomic mass is 10.3. The van der Waals surface area contributed by atoms with Gasteiger partial charge in [0.1, 0.15) is 0 Å². The third-order valence-corrected chi connectivity index (χ3v) is 4.28. The van der Waals surface area contributed by atoms with Gasteiger partial charge in [0.05, 0.1) is 4.92 Å². The highest BCUT2D eigenvalue weighted by molar-refractivity contribution is 7.89. The van der Waals surface area contributed by atoms with Crippen LogP contribution in [0.1, 0.15) is 6.42 Å². The van der Waals surface area contributed by atoms with Crippen molar-refractivity contribution in [2.75, 3.05) is 6.54 Å². The lowest BCUT2D eigenvalue weighted by Gasteiger charge is -2.07. The molecular formula is C12H14N4O4S. The minimum atomic E-state index is -3.90. The first-order valence-corrected chi connectivity index (χ1v) is 7.69. The molecule has 0 aliphatic rings. The monoisotopic (exact) mass is 310 g/mol. The van der Waals surface area contributed by atoms with Gasteiger partial charge in [-0.3, -0.25) is 14.8 Å². The van der Waals surface area contributed by atoms with E-state index in [1.807, 2.05) is 0 Å². The van der Waals surface area contributed by atoms with Crippen molar-refractivity contribution in [3.63, 3.8) is 0 Å². The third kappa shape index (κ3) is 3.86. The molecule has 8 nitrogen and oxygen atoms in total. The maximum Gasteiger partial charge on any atom is 0.289 e. The Morgan fingerprint density at radius 2 is 2.05 bits per heavy atom. The van der Waals surface area contributed by atoms with E-state index < -0.39 is 20.6 Å². The van der Waals surface area contributed by atoms with Gasteiger partial charge >= 0.3 is 0 Å². The van der Waals surface area contributed by atoms with E-state index in [9.17, 15) is 18.5 Å². The zero-order valence-corrected chi connectivity index (χ0v) is 11.9. The average molecular weight is 310 g/mol. The van der Waals surface area contributed by atoms with Gasteiger partial charge in [-0.1, -0.05) is 12.1 Å². The number of aromatic nitrogens is 2. The summed E-state index contributed by atoms with van der Waals surface area (Å²) in [7, 11) is -3.90. The number of sulfonamides is 1. The molecule has 2 aromatic rings. The summed E-state index contributed by atoms with van der Waals surface area (Å²) in [5.41, 5.74) is -0.433. The van der Waals surface area contributed by atoms with E-state index in [0.717, 1.165) is 6.07 Å². The molecule has 0 saturated heterocycles. The number of nitro benzene ring substituents is 1. The Morgan fingerprint density at radius 1 is 1.29 bits per heavy atom. The third-order valence-electron chi connectivity index (χ3n) is 2.77. The summed E-state index contributed by atoms with van der Waals surface area (Å²) < 4.78 is 28.2. The minimum absolute atomic E-state index is 0.175. The van der Waals surface area contributed by atoms with Crippen molar-refractivity contribution < 1.29 is 13.3 Å². The van der Waals surface area contributed by atoms with Crippen LogP contribution in [0, 0.1) is 10.1 Å². The van der Waals surface area contributed by atoms with E-state index in [1.165, 1.54) is 18.2 Å². The molecule has 0 spiro atoms. The molecule has 112 valence electrons. The summed E-state index contributed by atoms with van der Waals surface area (Å²) >= 11 is 0. The zero-order chi connectivity index (χ0) is 15.3. The molecule has 0 aliphatic carbocycles. The van der Waals surface area contributed by atoms with Gasteiger partial charge in [0.25, 0.3) is 5.69 Å². The van der Waals surface area contributed by atoms with Crippen LogP contribution in [0.3, 0.4) is 0 Å². The Hall–Kier alpha value is -2.26. The van der Waals surface area contributed by atoms with Gasteiger partial charge < -0.3 is 0 Å². The van der Waals surface area contributed by atoms with Crippen LogP contribution >= 0.6 is 0 Å². The topological polar surface area (TPSA) is 107 Å². The highest BCUT2D eigenvalue weighted by Gasteiger charge is 2.24. The first-order chi connectivity index (χ1) is 10.0. The van der Waals surface area contributed by atoms with Gasteiger partial charge in [-0.05, 0) is 18.6 Å². The number of nitro groups is 1. The van der Waals surface area contributed by atoms with Crippen LogP contribution in [0.2, 0.25) is 0 Å². The van der Waals surface area contributed by atoms with Crippen LogP contribution in [-0.4, -0.2) is 29.7 Å². The van der Waals surface area contributed by atoms with Crippen molar-refractivity contribution in [3.8, 4) is 0 Å². The Kier molecular flexibility index (Phi) is 4.66. The van der Waals surface area contributed by atoms with Gasteiger partial charge in [0.15, 0.2) is 4.90 Å². The van der Waals surface area contributed by atoms with Crippen LogP contribution in [0.4, 0.5) is 5.69 Å². The standard InChI is InChI=1S/C12H14N4O4S/c17-16(18)11-5-1-2-6-12(11)21(19,20)14-8-4-10-15-9-3-7-13-15/h1-3,5-7,9,14H,4,8,10H2. The summed E-state index contributed by atoms with van der Waals surface area (Å²) in [5, 5.41) is 14.9. The molecule has 0 aliphatic heterocycles. The number of nitrogens with one attached hydrogen (secondary N) is 1. The van der Waals surface area contributed by atoms with Gasteiger partial charge in [0.2, 0.25) is 10.0 Å². The van der Waals surface area contributed by atoms with Crippen molar-refractivity contribution >= 4 is 15.7 Å². The maximum atomic E-state index is 12.1. The lowest BCUT2D eigenvalue weighted by molar-refractivity contribution is -0.387. The highest BCUT2D eigenvalue weighted by atomic mass is 32.2. The normalized spacial score (nSPS) is 11.4. The predicted molar refractivity (Wildman–Crippen MR) is 75.1 cm³/mol. The van der Waals surface area contributed by atoms with Gasteiger partial charge in [-0.15, -0.1) is 0 Å². The predicted octanol–water partition coefficient (Wildman–Crippen LogP) is 1.16. The summed E-state index contributed by atoms with van der Waals surface area (Å²) in [6.07, 6.45) is 3.94. The Labute approximate surface area is 121 Å². The van der Waals surface area contributed by atoms with Crippen LogP contribution in [-0.2, 0) is 16.6 Å². The molecule has 0 atom stereocenters. The molecule has 0 radical (unpaired) electrons. The van der Waals surface area contributed by atoms with Crippen molar-refractivity contribution in [3.05, 3.63) is 52.8 Å². The van der Waals surface area contributed by atoms with E-state index in [1.54, 1.807) is 23.1 Å². The molecule has 0 unspecified atom stereocenters. The number of benzene rings is 1. The summed E-state index contributed by atoms with van der Waals surface area (Å²) in [6, 6.07) is 7.03. The Balaban J connectivity index is 2.00. The molecule has 1 N–H and O–H groups in total. The number of rotatable bonds is 7. The Morgan fingerprint density at radius 3 is 2.71 bits per heavy atom. The van der Waals surface area contributed by atoms with Crippen LogP contribution in [0.25, 0.3) is 0 Å². The van der Waals surface area contributed by atoms with Crippen molar-refractivity contribution in [2.24, 2.45) is 0 Å². The Bertz CT molecular complexity index is 713. The largest absolute Gasteiger partial charge is 0.289 e. The quantitative estimate of drug-likeness (QED) is 0.469.